The highest BCUT2D eigenvalue weighted by molar-refractivity contribution is 5.21. The Labute approximate surface area is 103 Å². The topological polar surface area (TPSA) is 48.5 Å². The minimum atomic E-state index is -0.783. The van der Waals surface area contributed by atoms with E-state index in [2.05, 4.69) is 16.3 Å². The monoisotopic (exact) mass is 229 g/mol. The fraction of sp³-hybridized carbons (Fsp3) is 0.500. The van der Waals surface area contributed by atoms with Crippen molar-refractivity contribution in [1.29, 1.82) is 5.26 Å². The molecule has 1 unspecified atom stereocenters. The molecule has 1 aromatic carbocycles. The number of hydrogen-bond donors (Lipinski definition) is 0. The van der Waals surface area contributed by atoms with Crippen LogP contribution in [0.25, 0.3) is 0 Å². The highest BCUT2D eigenvalue weighted by atomic mass is 15.2. The Morgan fingerprint density at radius 3 is 2.12 bits per heavy atom. The molecule has 0 bridgehead atoms. The summed E-state index contributed by atoms with van der Waals surface area (Å²) < 4.78 is 0. The summed E-state index contributed by atoms with van der Waals surface area (Å²) >= 11 is 0. The Bertz CT molecular complexity index is 423. The minimum absolute atomic E-state index is 0.241. The summed E-state index contributed by atoms with van der Waals surface area (Å²) in [6.07, 6.45) is 0.587. The summed E-state index contributed by atoms with van der Waals surface area (Å²) in [4.78, 5) is 0. The van der Waals surface area contributed by atoms with Gasteiger partial charge in [0.25, 0.3) is 0 Å². The number of rotatable bonds is 3. The molecule has 0 aliphatic carbocycles. The summed E-state index contributed by atoms with van der Waals surface area (Å²) in [5.41, 5.74) is 0.0769. The molecule has 0 heterocycles. The molecule has 0 N–H and O–H groups in total. The van der Waals surface area contributed by atoms with Gasteiger partial charge in [0.15, 0.2) is 5.54 Å². The van der Waals surface area contributed by atoms with Gasteiger partial charge in [-0.2, -0.15) is 15.5 Å². The van der Waals surface area contributed by atoms with Gasteiger partial charge in [0, 0.05) is 6.42 Å². The second-order valence-corrected chi connectivity index (χ2v) is 5.42. The number of nitriles is 1. The van der Waals surface area contributed by atoms with Crippen LogP contribution in [0.5, 0.6) is 0 Å². The zero-order valence-electron chi connectivity index (χ0n) is 10.9. The highest BCUT2D eigenvalue weighted by Gasteiger charge is 2.24. The van der Waals surface area contributed by atoms with Gasteiger partial charge in [-0.1, -0.05) is 30.3 Å². The van der Waals surface area contributed by atoms with Crippen LogP contribution in [-0.4, -0.2) is 11.1 Å². The lowest BCUT2D eigenvalue weighted by molar-refractivity contribution is 0.475. The molecular formula is C14H19N3. The molecule has 0 aliphatic heterocycles. The van der Waals surface area contributed by atoms with E-state index in [1.54, 1.807) is 0 Å². The van der Waals surface area contributed by atoms with Gasteiger partial charge >= 0.3 is 0 Å². The Kier molecular flexibility index (Phi) is 4.01. The van der Waals surface area contributed by atoms with Crippen molar-refractivity contribution >= 4 is 0 Å². The molecule has 0 fully saturated rings. The summed E-state index contributed by atoms with van der Waals surface area (Å²) in [7, 11) is 0. The standard InChI is InChI=1S/C14H19N3/c1-13(2,3)16-17-14(4,11-15)10-12-8-6-5-7-9-12/h5-9H,10H2,1-4H3. The predicted octanol–water partition coefficient (Wildman–Crippen LogP) is 3.76. The van der Waals surface area contributed by atoms with Crippen molar-refractivity contribution in [3.05, 3.63) is 35.9 Å². The second-order valence-electron chi connectivity index (χ2n) is 5.42. The molecule has 0 spiro atoms. The molecule has 0 saturated carbocycles. The summed E-state index contributed by atoms with van der Waals surface area (Å²) in [5, 5.41) is 17.6. The SMILES string of the molecule is CC(C)(C)N=NC(C)(C#N)Cc1ccccc1. The quantitative estimate of drug-likeness (QED) is 0.728. The van der Waals surface area contributed by atoms with E-state index >= 15 is 0 Å². The van der Waals surface area contributed by atoms with E-state index in [1.165, 1.54) is 0 Å². The van der Waals surface area contributed by atoms with Crippen molar-refractivity contribution in [1.82, 2.24) is 0 Å². The Morgan fingerprint density at radius 1 is 1.06 bits per heavy atom. The van der Waals surface area contributed by atoms with Crippen LogP contribution >= 0.6 is 0 Å². The van der Waals surface area contributed by atoms with Crippen molar-refractivity contribution in [2.45, 2.75) is 45.2 Å². The average molecular weight is 229 g/mol. The number of benzene rings is 1. The Hall–Kier alpha value is -1.69. The fourth-order valence-corrected chi connectivity index (χ4v) is 1.35. The molecule has 3 nitrogen and oxygen atoms in total. The van der Waals surface area contributed by atoms with E-state index in [0.717, 1.165) is 5.56 Å². The molecule has 1 aromatic rings. The van der Waals surface area contributed by atoms with Crippen molar-refractivity contribution in [2.75, 3.05) is 0 Å². The molecule has 1 atom stereocenters. The maximum Gasteiger partial charge on any atom is 0.168 e. The third kappa shape index (κ3) is 4.78. The van der Waals surface area contributed by atoms with Gasteiger partial charge in [-0.05, 0) is 33.3 Å². The highest BCUT2D eigenvalue weighted by Crippen LogP contribution is 2.19. The molecule has 3 heteroatoms. The first-order valence-electron chi connectivity index (χ1n) is 5.74. The van der Waals surface area contributed by atoms with Crippen LogP contribution in [-0.2, 0) is 6.42 Å². The van der Waals surface area contributed by atoms with Crippen molar-refractivity contribution in [3.8, 4) is 6.07 Å². The number of nitrogens with zero attached hydrogens (tertiary/aromatic N) is 3. The van der Waals surface area contributed by atoms with E-state index < -0.39 is 5.54 Å². The molecule has 0 aromatic heterocycles. The number of azo groups is 1. The average Bonchev–Trinajstić information content (AvgIpc) is 2.27. The van der Waals surface area contributed by atoms with Crippen molar-refractivity contribution in [3.63, 3.8) is 0 Å². The van der Waals surface area contributed by atoms with Gasteiger partial charge in [0.1, 0.15) is 0 Å². The first-order valence-corrected chi connectivity index (χ1v) is 5.74. The molecule has 0 saturated heterocycles. The van der Waals surface area contributed by atoms with Crippen LogP contribution in [0.2, 0.25) is 0 Å². The Morgan fingerprint density at radius 2 is 1.65 bits per heavy atom. The molecular weight excluding hydrogens is 210 g/mol. The maximum atomic E-state index is 9.24. The van der Waals surface area contributed by atoms with Gasteiger partial charge in [-0.3, -0.25) is 0 Å². The van der Waals surface area contributed by atoms with Crippen LogP contribution in [0, 0.1) is 11.3 Å². The summed E-state index contributed by atoms with van der Waals surface area (Å²) in [6.45, 7) is 7.72. The third-order valence-electron chi connectivity index (χ3n) is 2.20. The first kappa shape index (κ1) is 13.4. The third-order valence-corrected chi connectivity index (χ3v) is 2.20. The van der Waals surface area contributed by atoms with Gasteiger partial charge in [-0.15, -0.1) is 0 Å². The smallest absolute Gasteiger partial charge is 0.168 e. The van der Waals surface area contributed by atoms with Gasteiger partial charge in [0.05, 0.1) is 11.6 Å². The maximum absolute atomic E-state index is 9.24. The lowest BCUT2D eigenvalue weighted by Gasteiger charge is -2.18. The fourth-order valence-electron chi connectivity index (χ4n) is 1.35. The molecule has 17 heavy (non-hydrogen) atoms. The van der Waals surface area contributed by atoms with Crippen LogP contribution in [0.15, 0.2) is 40.6 Å². The zero-order chi connectivity index (χ0) is 12.9. The van der Waals surface area contributed by atoms with E-state index in [-0.39, 0.29) is 5.54 Å². The first-order chi connectivity index (χ1) is 7.85. The van der Waals surface area contributed by atoms with E-state index in [9.17, 15) is 5.26 Å². The number of hydrogen-bond acceptors (Lipinski definition) is 3. The summed E-state index contributed by atoms with van der Waals surface area (Å²) in [6, 6.07) is 12.1. The normalized spacial score (nSPS) is 15.5. The van der Waals surface area contributed by atoms with Crippen molar-refractivity contribution in [2.24, 2.45) is 10.2 Å². The van der Waals surface area contributed by atoms with Crippen LogP contribution in [0.3, 0.4) is 0 Å². The van der Waals surface area contributed by atoms with E-state index in [1.807, 2.05) is 58.0 Å². The molecule has 0 aliphatic rings. The van der Waals surface area contributed by atoms with E-state index in [0.29, 0.717) is 6.42 Å². The lowest BCUT2D eigenvalue weighted by Crippen LogP contribution is -2.23. The molecule has 90 valence electrons. The van der Waals surface area contributed by atoms with Crippen molar-refractivity contribution < 1.29 is 0 Å². The zero-order valence-corrected chi connectivity index (χ0v) is 10.9. The van der Waals surface area contributed by atoms with E-state index in [4.69, 9.17) is 0 Å². The minimum Gasteiger partial charge on any atom is -0.196 e. The van der Waals surface area contributed by atoms with Gasteiger partial charge < -0.3 is 0 Å². The van der Waals surface area contributed by atoms with Crippen LogP contribution < -0.4 is 0 Å². The molecule has 0 radical (unpaired) electrons. The second kappa shape index (κ2) is 5.09. The molecule has 0 amide bonds. The summed E-state index contributed by atoms with van der Waals surface area (Å²) in [5.74, 6) is 0. The van der Waals surface area contributed by atoms with Gasteiger partial charge in [0.2, 0.25) is 0 Å². The molecule has 1 rings (SSSR count). The largest absolute Gasteiger partial charge is 0.196 e. The predicted molar refractivity (Wildman–Crippen MR) is 68.8 cm³/mol. The van der Waals surface area contributed by atoms with Gasteiger partial charge in [-0.25, -0.2) is 0 Å². The lowest BCUT2D eigenvalue weighted by atomic mass is 9.95. The van der Waals surface area contributed by atoms with Crippen LogP contribution in [0.4, 0.5) is 0 Å². The van der Waals surface area contributed by atoms with Crippen LogP contribution in [0.1, 0.15) is 33.3 Å². The Balaban J connectivity index is 2.84.